The fraction of sp³-hybridized carbons (Fsp3) is 0.150. The minimum absolute atomic E-state index is 0.106. The molecule has 0 aliphatic heterocycles. The number of furan rings is 1. The maximum atomic E-state index is 12.5. The maximum Gasteiger partial charge on any atom is 0.280 e. The van der Waals surface area contributed by atoms with Crippen molar-refractivity contribution in [3.05, 3.63) is 76.0 Å². The predicted octanol–water partition coefficient (Wildman–Crippen LogP) is 3.07. The molecule has 6 heteroatoms. The van der Waals surface area contributed by atoms with Crippen molar-refractivity contribution in [2.75, 3.05) is 5.43 Å². The molecule has 0 unspecified atom stereocenters. The molecule has 2 heterocycles. The molecule has 0 aliphatic rings. The summed E-state index contributed by atoms with van der Waals surface area (Å²) in [7, 11) is 0. The lowest BCUT2D eigenvalue weighted by molar-refractivity contribution is -0.116. The van der Waals surface area contributed by atoms with E-state index in [0.29, 0.717) is 10.9 Å². The monoisotopic (exact) mass is 347 g/mol. The van der Waals surface area contributed by atoms with E-state index in [1.165, 1.54) is 6.33 Å². The molecule has 0 fully saturated rings. The van der Waals surface area contributed by atoms with Crippen molar-refractivity contribution in [2.45, 2.75) is 20.3 Å². The summed E-state index contributed by atoms with van der Waals surface area (Å²) >= 11 is 0. The van der Waals surface area contributed by atoms with Gasteiger partial charge in [-0.25, -0.2) is 9.66 Å². The van der Waals surface area contributed by atoms with E-state index in [1.807, 2.05) is 32.0 Å². The highest BCUT2D eigenvalue weighted by Gasteiger charge is 2.14. The molecular weight excluding hydrogens is 330 g/mol. The van der Waals surface area contributed by atoms with Gasteiger partial charge in [0.2, 0.25) is 5.91 Å². The summed E-state index contributed by atoms with van der Waals surface area (Å²) in [4.78, 5) is 29.1. The van der Waals surface area contributed by atoms with Gasteiger partial charge in [0.05, 0.1) is 23.6 Å². The lowest BCUT2D eigenvalue weighted by Crippen LogP contribution is -2.34. The van der Waals surface area contributed by atoms with Crippen molar-refractivity contribution in [3.63, 3.8) is 0 Å². The molecular formula is C20H17N3O3. The molecule has 0 saturated heterocycles. The van der Waals surface area contributed by atoms with Gasteiger partial charge in [-0.3, -0.25) is 15.0 Å². The maximum absolute atomic E-state index is 12.5. The van der Waals surface area contributed by atoms with Gasteiger partial charge in [-0.2, -0.15) is 0 Å². The summed E-state index contributed by atoms with van der Waals surface area (Å²) in [6, 6.07) is 11.0. The minimum Gasteiger partial charge on any atom is -0.464 e. The number of fused-ring (bicyclic) bond motifs is 2. The Hall–Kier alpha value is -3.41. The number of aryl methyl sites for hydroxylation is 2. The third kappa shape index (κ3) is 2.65. The molecule has 26 heavy (non-hydrogen) atoms. The number of carbonyl (C=O) groups is 1. The van der Waals surface area contributed by atoms with Gasteiger partial charge in [0.15, 0.2) is 0 Å². The summed E-state index contributed by atoms with van der Waals surface area (Å²) in [6.07, 6.45) is 3.02. The number of nitrogens with one attached hydrogen (secondary N) is 1. The van der Waals surface area contributed by atoms with Crippen molar-refractivity contribution < 1.29 is 9.21 Å². The summed E-state index contributed by atoms with van der Waals surface area (Å²) in [6.45, 7) is 4.01. The normalized spacial score (nSPS) is 11.2. The molecule has 0 radical (unpaired) electrons. The van der Waals surface area contributed by atoms with Gasteiger partial charge in [-0.15, -0.1) is 0 Å². The summed E-state index contributed by atoms with van der Waals surface area (Å²) in [5, 5.41) is 1.36. The molecule has 2 aromatic carbocycles. The standard InChI is InChI=1S/C20H17N3O3/c1-12-7-8-15-14(10-26-19(15)13(12)2)9-18(24)22-23-11-21-17-6-4-3-5-16(17)20(23)25/h3-8,10-11H,9H2,1-2H3,(H,22,24). The van der Waals surface area contributed by atoms with E-state index in [2.05, 4.69) is 10.4 Å². The minimum atomic E-state index is -0.315. The van der Waals surface area contributed by atoms with E-state index in [-0.39, 0.29) is 17.9 Å². The molecule has 1 amide bonds. The first-order valence-corrected chi connectivity index (χ1v) is 8.27. The lowest BCUT2D eigenvalue weighted by Gasteiger charge is -2.08. The zero-order chi connectivity index (χ0) is 18.3. The largest absolute Gasteiger partial charge is 0.464 e. The molecule has 4 aromatic rings. The Labute approximate surface area is 149 Å². The van der Waals surface area contributed by atoms with Crippen LogP contribution in [0.1, 0.15) is 16.7 Å². The van der Waals surface area contributed by atoms with E-state index >= 15 is 0 Å². The van der Waals surface area contributed by atoms with Crippen LogP contribution in [-0.2, 0) is 11.2 Å². The van der Waals surface area contributed by atoms with E-state index in [9.17, 15) is 9.59 Å². The van der Waals surface area contributed by atoms with Gasteiger partial charge in [0.1, 0.15) is 11.9 Å². The average molecular weight is 347 g/mol. The average Bonchev–Trinajstić information content (AvgIpc) is 3.04. The Balaban J connectivity index is 1.61. The fourth-order valence-electron chi connectivity index (χ4n) is 3.02. The first-order chi connectivity index (χ1) is 12.5. The summed E-state index contributed by atoms with van der Waals surface area (Å²) in [5.74, 6) is -0.315. The van der Waals surface area contributed by atoms with Crippen LogP contribution < -0.4 is 11.0 Å². The highest BCUT2D eigenvalue weighted by atomic mass is 16.3. The number of benzene rings is 2. The number of hydrogen-bond donors (Lipinski definition) is 1. The number of nitrogens with zero attached hydrogens (tertiary/aromatic N) is 2. The van der Waals surface area contributed by atoms with Crippen LogP contribution in [0.15, 0.2) is 58.2 Å². The van der Waals surface area contributed by atoms with Crippen LogP contribution in [0.25, 0.3) is 21.9 Å². The Bertz CT molecular complexity index is 1200. The van der Waals surface area contributed by atoms with Crippen LogP contribution >= 0.6 is 0 Å². The number of carbonyl (C=O) groups excluding carboxylic acids is 1. The number of para-hydroxylation sites is 1. The Kier molecular flexibility index (Phi) is 3.80. The molecule has 0 saturated carbocycles. The molecule has 0 aliphatic carbocycles. The lowest BCUT2D eigenvalue weighted by atomic mass is 10.0. The van der Waals surface area contributed by atoms with Crippen LogP contribution in [0.4, 0.5) is 0 Å². The third-order valence-electron chi connectivity index (χ3n) is 4.60. The smallest absolute Gasteiger partial charge is 0.280 e. The quantitative estimate of drug-likeness (QED) is 0.618. The van der Waals surface area contributed by atoms with E-state index in [1.54, 1.807) is 24.5 Å². The number of hydrogen-bond acceptors (Lipinski definition) is 4. The predicted molar refractivity (Wildman–Crippen MR) is 99.8 cm³/mol. The SMILES string of the molecule is Cc1ccc2c(CC(=O)Nn3cnc4ccccc4c3=O)coc2c1C. The van der Waals surface area contributed by atoms with Gasteiger partial charge in [0.25, 0.3) is 5.56 Å². The van der Waals surface area contributed by atoms with Gasteiger partial charge in [-0.1, -0.05) is 24.3 Å². The molecule has 0 bridgehead atoms. The van der Waals surface area contributed by atoms with Crippen molar-refractivity contribution in [1.82, 2.24) is 9.66 Å². The number of aromatic nitrogens is 2. The fourth-order valence-corrected chi connectivity index (χ4v) is 3.02. The van der Waals surface area contributed by atoms with E-state index in [4.69, 9.17) is 4.42 Å². The number of rotatable bonds is 3. The second-order valence-corrected chi connectivity index (χ2v) is 6.29. The zero-order valence-electron chi connectivity index (χ0n) is 14.4. The van der Waals surface area contributed by atoms with Crippen LogP contribution in [0.5, 0.6) is 0 Å². The summed E-state index contributed by atoms with van der Waals surface area (Å²) in [5.41, 5.74) is 6.64. The van der Waals surface area contributed by atoms with E-state index < -0.39 is 0 Å². The highest BCUT2D eigenvalue weighted by Crippen LogP contribution is 2.26. The Morgan fingerprint density at radius 1 is 1.15 bits per heavy atom. The molecule has 1 N–H and O–H groups in total. The van der Waals surface area contributed by atoms with Crippen molar-refractivity contribution >= 4 is 27.8 Å². The van der Waals surface area contributed by atoms with Gasteiger partial charge in [0, 0.05) is 10.9 Å². The van der Waals surface area contributed by atoms with Crippen LogP contribution in [0.3, 0.4) is 0 Å². The second-order valence-electron chi connectivity index (χ2n) is 6.29. The molecule has 0 spiro atoms. The molecule has 2 aromatic heterocycles. The van der Waals surface area contributed by atoms with Crippen LogP contribution in [0.2, 0.25) is 0 Å². The Morgan fingerprint density at radius 2 is 1.96 bits per heavy atom. The van der Waals surface area contributed by atoms with Crippen LogP contribution in [-0.4, -0.2) is 15.6 Å². The van der Waals surface area contributed by atoms with Crippen molar-refractivity contribution in [2.24, 2.45) is 0 Å². The molecule has 130 valence electrons. The number of amides is 1. The molecule has 6 nitrogen and oxygen atoms in total. The van der Waals surface area contributed by atoms with Gasteiger partial charge >= 0.3 is 0 Å². The van der Waals surface area contributed by atoms with Gasteiger partial charge in [-0.05, 0) is 37.1 Å². The topological polar surface area (TPSA) is 77.1 Å². The van der Waals surface area contributed by atoms with Crippen molar-refractivity contribution in [3.8, 4) is 0 Å². The Morgan fingerprint density at radius 3 is 2.81 bits per heavy atom. The third-order valence-corrected chi connectivity index (χ3v) is 4.60. The first kappa shape index (κ1) is 16.1. The van der Waals surface area contributed by atoms with Crippen molar-refractivity contribution in [1.29, 1.82) is 0 Å². The molecule has 0 atom stereocenters. The van der Waals surface area contributed by atoms with Gasteiger partial charge < -0.3 is 4.42 Å². The first-order valence-electron chi connectivity index (χ1n) is 8.27. The molecule has 4 rings (SSSR count). The second kappa shape index (κ2) is 6.15. The van der Waals surface area contributed by atoms with Crippen LogP contribution in [0, 0.1) is 13.8 Å². The summed E-state index contributed by atoms with van der Waals surface area (Å²) < 4.78 is 6.75. The van der Waals surface area contributed by atoms with E-state index in [0.717, 1.165) is 32.3 Å². The highest BCUT2D eigenvalue weighted by molar-refractivity contribution is 5.92. The zero-order valence-corrected chi connectivity index (χ0v) is 14.4.